The van der Waals surface area contributed by atoms with E-state index in [9.17, 15) is 0 Å². The van der Waals surface area contributed by atoms with Crippen molar-refractivity contribution in [2.45, 2.75) is 25.8 Å². The molecule has 74 valence electrons. The highest BCUT2D eigenvalue weighted by Gasteiger charge is 2.16. The molecule has 3 N–H and O–H groups in total. The van der Waals surface area contributed by atoms with Gasteiger partial charge in [0.2, 0.25) is 0 Å². The molecule has 0 amide bonds. The van der Waals surface area contributed by atoms with E-state index in [2.05, 4.69) is 17.4 Å². The van der Waals surface area contributed by atoms with Crippen LogP contribution in [0.1, 0.15) is 31.5 Å². The van der Waals surface area contributed by atoms with Crippen LogP contribution in [0.2, 0.25) is 5.02 Å². The van der Waals surface area contributed by atoms with Gasteiger partial charge in [-0.3, -0.25) is 16.0 Å². The first-order valence-corrected chi connectivity index (χ1v) is 4.72. The number of aryl methyl sites for hydroxylation is 1. The summed E-state index contributed by atoms with van der Waals surface area (Å²) in [7, 11) is 1.86. The zero-order valence-corrected chi connectivity index (χ0v) is 8.67. The lowest BCUT2D eigenvalue weighted by Gasteiger charge is -2.15. The van der Waals surface area contributed by atoms with Gasteiger partial charge in [0.05, 0.1) is 23.0 Å². The van der Waals surface area contributed by atoms with Crippen molar-refractivity contribution in [2.75, 3.05) is 0 Å². The van der Waals surface area contributed by atoms with Crippen molar-refractivity contribution in [1.82, 2.24) is 15.2 Å². The van der Waals surface area contributed by atoms with Crippen molar-refractivity contribution in [1.29, 1.82) is 0 Å². The Morgan fingerprint density at radius 3 is 2.85 bits per heavy atom. The fraction of sp³-hybridized carbons (Fsp3) is 0.625. The lowest BCUT2D eigenvalue weighted by Crippen LogP contribution is -2.29. The first-order valence-electron chi connectivity index (χ1n) is 4.34. The summed E-state index contributed by atoms with van der Waals surface area (Å²) >= 11 is 5.98. The number of hydrogen-bond donors (Lipinski definition) is 2. The third-order valence-corrected chi connectivity index (χ3v) is 2.34. The van der Waals surface area contributed by atoms with E-state index >= 15 is 0 Å². The Bertz CT molecular complexity index is 252. The van der Waals surface area contributed by atoms with Gasteiger partial charge in [-0.15, -0.1) is 0 Å². The molecule has 1 aromatic rings. The van der Waals surface area contributed by atoms with Gasteiger partial charge in [0.25, 0.3) is 0 Å². The summed E-state index contributed by atoms with van der Waals surface area (Å²) in [6.45, 7) is 2.11. The second kappa shape index (κ2) is 4.60. The lowest BCUT2D eigenvalue weighted by molar-refractivity contribution is 0.476. The Hall–Kier alpha value is -0.580. The van der Waals surface area contributed by atoms with E-state index in [1.54, 1.807) is 10.9 Å². The zero-order valence-electron chi connectivity index (χ0n) is 7.92. The molecule has 0 spiro atoms. The molecular formula is C8H15ClN4. The van der Waals surface area contributed by atoms with Crippen molar-refractivity contribution in [3.8, 4) is 0 Å². The summed E-state index contributed by atoms with van der Waals surface area (Å²) in [6, 6.07) is 0.0880. The van der Waals surface area contributed by atoms with Gasteiger partial charge in [-0.25, -0.2) is 0 Å². The van der Waals surface area contributed by atoms with E-state index < -0.39 is 0 Å². The average Bonchev–Trinajstić information content (AvgIpc) is 2.43. The Morgan fingerprint density at radius 1 is 1.77 bits per heavy atom. The van der Waals surface area contributed by atoms with Crippen LogP contribution in [0.25, 0.3) is 0 Å². The number of nitrogens with zero attached hydrogens (tertiary/aromatic N) is 2. The van der Waals surface area contributed by atoms with Crippen LogP contribution in [0.4, 0.5) is 0 Å². The number of halogens is 1. The van der Waals surface area contributed by atoms with Crippen molar-refractivity contribution in [3.63, 3.8) is 0 Å². The largest absolute Gasteiger partial charge is 0.271 e. The SMILES string of the molecule is CCCC(NN)c1c(Cl)cnn1C. The summed E-state index contributed by atoms with van der Waals surface area (Å²) in [5, 5.41) is 4.72. The predicted molar refractivity (Wildman–Crippen MR) is 53.2 cm³/mol. The molecule has 13 heavy (non-hydrogen) atoms. The molecule has 0 fully saturated rings. The van der Waals surface area contributed by atoms with E-state index in [0.29, 0.717) is 5.02 Å². The number of aromatic nitrogens is 2. The Labute approximate surface area is 83.0 Å². The van der Waals surface area contributed by atoms with E-state index in [-0.39, 0.29) is 6.04 Å². The lowest BCUT2D eigenvalue weighted by atomic mass is 10.1. The minimum Gasteiger partial charge on any atom is -0.271 e. The molecule has 0 bridgehead atoms. The van der Waals surface area contributed by atoms with Crippen molar-refractivity contribution in [3.05, 3.63) is 16.9 Å². The molecular weight excluding hydrogens is 188 g/mol. The topological polar surface area (TPSA) is 55.9 Å². The van der Waals surface area contributed by atoms with E-state index in [0.717, 1.165) is 18.5 Å². The summed E-state index contributed by atoms with van der Waals surface area (Å²) in [4.78, 5) is 0. The standard InChI is InChI=1S/C8H15ClN4/c1-3-4-7(12-10)8-6(9)5-11-13(8)2/h5,7,12H,3-4,10H2,1-2H3. The minimum absolute atomic E-state index is 0.0880. The van der Waals surface area contributed by atoms with Crippen LogP contribution in [0.5, 0.6) is 0 Å². The van der Waals surface area contributed by atoms with Crippen LogP contribution in [-0.2, 0) is 7.05 Å². The predicted octanol–water partition coefficient (Wildman–Crippen LogP) is 1.38. The fourth-order valence-corrected chi connectivity index (χ4v) is 1.70. The molecule has 0 aromatic carbocycles. The highest BCUT2D eigenvalue weighted by molar-refractivity contribution is 6.31. The third kappa shape index (κ3) is 2.21. The minimum atomic E-state index is 0.0880. The quantitative estimate of drug-likeness (QED) is 0.573. The summed E-state index contributed by atoms with van der Waals surface area (Å²) in [6.07, 6.45) is 3.64. The maximum absolute atomic E-state index is 5.98. The van der Waals surface area contributed by atoms with Gasteiger partial charge in [0.15, 0.2) is 0 Å². The third-order valence-electron chi connectivity index (χ3n) is 2.05. The Kier molecular flexibility index (Phi) is 3.71. The zero-order chi connectivity index (χ0) is 9.84. The molecule has 0 aliphatic rings. The van der Waals surface area contributed by atoms with Crippen LogP contribution in [0.15, 0.2) is 6.20 Å². The molecule has 1 rings (SSSR count). The second-order valence-electron chi connectivity index (χ2n) is 3.01. The van der Waals surface area contributed by atoms with Crippen molar-refractivity contribution in [2.24, 2.45) is 12.9 Å². The Balaban J connectivity index is 2.89. The van der Waals surface area contributed by atoms with Gasteiger partial charge in [0.1, 0.15) is 0 Å². The average molecular weight is 203 g/mol. The molecule has 5 heteroatoms. The second-order valence-corrected chi connectivity index (χ2v) is 3.42. The van der Waals surface area contributed by atoms with Gasteiger partial charge in [0, 0.05) is 7.05 Å². The number of nitrogens with one attached hydrogen (secondary N) is 1. The highest BCUT2D eigenvalue weighted by atomic mass is 35.5. The molecule has 1 atom stereocenters. The highest BCUT2D eigenvalue weighted by Crippen LogP contribution is 2.24. The van der Waals surface area contributed by atoms with Crippen molar-refractivity contribution < 1.29 is 0 Å². The number of rotatable bonds is 4. The monoisotopic (exact) mass is 202 g/mol. The molecule has 0 aliphatic heterocycles. The first kappa shape index (κ1) is 10.5. The van der Waals surface area contributed by atoms with Gasteiger partial charge < -0.3 is 0 Å². The molecule has 0 radical (unpaired) electrons. The van der Waals surface area contributed by atoms with Gasteiger partial charge in [-0.05, 0) is 6.42 Å². The van der Waals surface area contributed by atoms with Crippen molar-refractivity contribution >= 4 is 11.6 Å². The maximum atomic E-state index is 5.98. The molecule has 4 nitrogen and oxygen atoms in total. The summed E-state index contributed by atoms with van der Waals surface area (Å²) in [5.41, 5.74) is 3.69. The molecule has 0 saturated heterocycles. The van der Waals surface area contributed by atoms with Crippen LogP contribution in [0, 0.1) is 0 Å². The molecule has 1 aromatic heterocycles. The summed E-state index contributed by atoms with van der Waals surface area (Å²) < 4.78 is 1.75. The molecule has 0 aliphatic carbocycles. The fourth-order valence-electron chi connectivity index (χ4n) is 1.40. The molecule has 1 heterocycles. The number of hydrogen-bond acceptors (Lipinski definition) is 3. The van der Waals surface area contributed by atoms with Gasteiger partial charge in [-0.2, -0.15) is 5.10 Å². The van der Waals surface area contributed by atoms with Crippen LogP contribution < -0.4 is 11.3 Å². The Morgan fingerprint density at radius 2 is 2.46 bits per heavy atom. The van der Waals surface area contributed by atoms with E-state index in [4.69, 9.17) is 17.4 Å². The van der Waals surface area contributed by atoms with Gasteiger partial charge in [-0.1, -0.05) is 24.9 Å². The van der Waals surface area contributed by atoms with E-state index in [1.807, 2.05) is 7.05 Å². The van der Waals surface area contributed by atoms with Crippen LogP contribution in [-0.4, -0.2) is 9.78 Å². The summed E-state index contributed by atoms with van der Waals surface area (Å²) in [5.74, 6) is 5.44. The molecule has 1 unspecified atom stereocenters. The number of hydrazine groups is 1. The molecule has 0 saturated carbocycles. The first-order chi connectivity index (χ1) is 6.20. The normalized spacial score (nSPS) is 13.2. The van der Waals surface area contributed by atoms with Crippen LogP contribution in [0.3, 0.4) is 0 Å². The van der Waals surface area contributed by atoms with Gasteiger partial charge >= 0.3 is 0 Å². The smallest absolute Gasteiger partial charge is 0.0834 e. The number of nitrogens with two attached hydrogens (primary N) is 1. The van der Waals surface area contributed by atoms with Crippen LogP contribution >= 0.6 is 11.6 Å². The van der Waals surface area contributed by atoms with E-state index in [1.165, 1.54) is 0 Å². The maximum Gasteiger partial charge on any atom is 0.0834 e.